The van der Waals surface area contributed by atoms with Crippen molar-refractivity contribution in [3.05, 3.63) is 115 Å². The summed E-state index contributed by atoms with van der Waals surface area (Å²) >= 11 is 1.86. The summed E-state index contributed by atoms with van der Waals surface area (Å²) in [5, 5.41) is 2.61. The van der Waals surface area contributed by atoms with Crippen LogP contribution in [0.15, 0.2) is 109 Å². The minimum atomic E-state index is 0.484. The van der Waals surface area contributed by atoms with Crippen molar-refractivity contribution in [3.63, 3.8) is 0 Å². The number of pyridine rings is 1. The van der Waals surface area contributed by atoms with Crippen LogP contribution in [0.1, 0.15) is 25.3 Å². The van der Waals surface area contributed by atoms with Crippen molar-refractivity contribution in [1.82, 2.24) is 4.98 Å². The van der Waals surface area contributed by atoms with Crippen molar-refractivity contribution in [2.45, 2.75) is 19.8 Å². The fraction of sp³-hybridized carbons (Fsp3) is 0.0938. The van der Waals surface area contributed by atoms with Crippen LogP contribution in [-0.2, 0) is 0 Å². The molecule has 34 heavy (non-hydrogen) atoms. The third-order valence-corrected chi connectivity index (χ3v) is 7.75. The predicted octanol–water partition coefficient (Wildman–Crippen LogP) is 9.57. The lowest BCUT2D eigenvalue weighted by Crippen LogP contribution is -1.90. The summed E-state index contributed by atoms with van der Waals surface area (Å²) in [6.45, 7) is 4.46. The molecule has 0 amide bonds. The molecule has 164 valence electrons. The first-order valence-corrected chi connectivity index (χ1v) is 12.6. The van der Waals surface area contributed by atoms with Gasteiger partial charge in [0.25, 0.3) is 0 Å². The van der Waals surface area contributed by atoms with Crippen molar-refractivity contribution in [2.75, 3.05) is 0 Å². The molecule has 2 heteroatoms. The first kappa shape index (κ1) is 20.8. The van der Waals surface area contributed by atoms with Gasteiger partial charge in [-0.2, -0.15) is 0 Å². The average molecular weight is 456 g/mol. The van der Waals surface area contributed by atoms with Gasteiger partial charge in [0.05, 0.1) is 5.69 Å². The Bertz CT molecular complexity index is 1630. The predicted molar refractivity (Wildman–Crippen MR) is 148 cm³/mol. The normalized spacial score (nSPS) is 11.5. The molecule has 0 saturated carbocycles. The van der Waals surface area contributed by atoms with Crippen LogP contribution in [0.3, 0.4) is 0 Å². The molecule has 2 aromatic heterocycles. The van der Waals surface area contributed by atoms with E-state index in [-0.39, 0.29) is 0 Å². The van der Waals surface area contributed by atoms with Crippen LogP contribution >= 0.6 is 11.3 Å². The van der Waals surface area contributed by atoms with E-state index in [1.54, 1.807) is 0 Å². The zero-order valence-electron chi connectivity index (χ0n) is 19.3. The Kier molecular flexibility index (Phi) is 5.24. The second-order valence-corrected chi connectivity index (χ2v) is 10.1. The number of rotatable bonds is 4. The molecule has 0 fully saturated rings. The smallest absolute Gasteiger partial charge is 0.0719 e. The lowest BCUT2D eigenvalue weighted by molar-refractivity contribution is 0.864. The zero-order valence-corrected chi connectivity index (χ0v) is 20.1. The Morgan fingerprint density at radius 1 is 0.618 bits per heavy atom. The molecular weight excluding hydrogens is 430 g/mol. The largest absolute Gasteiger partial charge is 0.256 e. The molecule has 0 atom stereocenters. The number of hydrogen-bond donors (Lipinski definition) is 0. The Labute approximate surface area is 204 Å². The summed E-state index contributed by atoms with van der Waals surface area (Å²) in [7, 11) is 0. The SMILES string of the molecule is CC(C)c1ccnc(-c2cccc3c2sc2ccc(-c4cccc(-c5ccccc5)c4)cc23)c1. The van der Waals surface area contributed by atoms with E-state index in [9.17, 15) is 0 Å². The molecule has 4 aromatic carbocycles. The molecular formula is C32H25NS. The fourth-order valence-electron chi connectivity index (χ4n) is 4.64. The van der Waals surface area contributed by atoms with E-state index < -0.39 is 0 Å². The van der Waals surface area contributed by atoms with Gasteiger partial charge in [0, 0.05) is 31.9 Å². The number of benzene rings is 4. The number of thiophene rings is 1. The summed E-state index contributed by atoms with van der Waals surface area (Å²) in [4.78, 5) is 4.72. The van der Waals surface area contributed by atoms with Crippen LogP contribution in [0.2, 0.25) is 0 Å². The molecule has 0 aliphatic heterocycles. The highest BCUT2D eigenvalue weighted by molar-refractivity contribution is 7.26. The average Bonchev–Trinajstić information content (AvgIpc) is 3.27. The van der Waals surface area contributed by atoms with Crippen LogP contribution in [-0.4, -0.2) is 4.98 Å². The van der Waals surface area contributed by atoms with Gasteiger partial charge in [-0.25, -0.2) is 0 Å². The maximum atomic E-state index is 4.72. The Balaban J connectivity index is 1.48. The van der Waals surface area contributed by atoms with Gasteiger partial charge >= 0.3 is 0 Å². The molecule has 0 unspecified atom stereocenters. The minimum absolute atomic E-state index is 0.484. The summed E-state index contributed by atoms with van der Waals surface area (Å²) < 4.78 is 2.62. The summed E-state index contributed by atoms with van der Waals surface area (Å²) in [5.41, 5.74) is 8.57. The second-order valence-electron chi connectivity index (χ2n) is 9.07. The Morgan fingerprint density at radius 2 is 1.35 bits per heavy atom. The highest BCUT2D eigenvalue weighted by Crippen LogP contribution is 2.41. The molecule has 0 aliphatic carbocycles. The molecule has 0 N–H and O–H groups in total. The highest BCUT2D eigenvalue weighted by Gasteiger charge is 2.13. The highest BCUT2D eigenvalue weighted by atomic mass is 32.1. The topological polar surface area (TPSA) is 12.9 Å². The third kappa shape index (κ3) is 3.70. The number of fused-ring (bicyclic) bond motifs is 3. The van der Waals surface area contributed by atoms with E-state index in [4.69, 9.17) is 4.98 Å². The third-order valence-electron chi connectivity index (χ3n) is 6.53. The van der Waals surface area contributed by atoms with Crippen molar-refractivity contribution in [1.29, 1.82) is 0 Å². The molecule has 0 aliphatic rings. The van der Waals surface area contributed by atoms with E-state index in [2.05, 4.69) is 117 Å². The number of aromatic nitrogens is 1. The van der Waals surface area contributed by atoms with Crippen LogP contribution < -0.4 is 0 Å². The van der Waals surface area contributed by atoms with Gasteiger partial charge in [0.2, 0.25) is 0 Å². The van der Waals surface area contributed by atoms with Crippen LogP contribution in [0.4, 0.5) is 0 Å². The minimum Gasteiger partial charge on any atom is -0.256 e. The Hall–Kier alpha value is -3.75. The lowest BCUT2D eigenvalue weighted by Gasteiger charge is -2.08. The van der Waals surface area contributed by atoms with Gasteiger partial charge in [-0.15, -0.1) is 11.3 Å². The second kappa shape index (κ2) is 8.55. The van der Waals surface area contributed by atoms with E-state index in [0.717, 1.165) is 5.69 Å². The fourth-order valence-corrected chi connectivity index (χ4v) is 5.85. The van der Waals surface area contributed by atoms with E-state index >= 15 is 0 Å². The van der Waals surface area contributed by atoms with Crippen LogP contribution in [0.25, 0.3) is 53.7 Å². The lowest BCUT2D eigenvalue weighted by atomic mass is 9.97. The first-order chi connectivity index (χ1) is 16.7. The maximum Gasteiger partial charge on any atom is 0.0719 e. The molecule has 0 saturated heterocycles. The van der Waals surface area contributed by atoms with Crippen LogP contribution in [0.5, 0.6) is 0 Å². The van der Waals surface area contributed by atoms with Gasteiger partial charge in [0.15, 0.2) is 0 Å². The van der Waals surface area contributed by atoms with Gasteiger partial charge < -0.3 is 0 Å². The maximum absolute atomic E-state index is 4.72. The van der Waals surface area contributed by atoms with Crippen molar-refractivity contribution < 1.29 is 0 Å². The van der Waals surface area contributed by atoms with Crippen molar-refractivity contribution in [3.8, 4) is 33.5 Å². The monoisotopic (exact) mass is 455 g/mol. The number of nitrogens with zero attached hydrogens (tertiary/aromatic N) is 1. The zero-order chi connectivity index (χ0) is 23.1. The quantitative estimate of drug-likeness (QED) is 0.258. The molecule has 0 bridgehead atoms. The summed E-state index contributed by atoms with van der Waals surface area (Å²) in [6.07, 6.45) is 1.94. The van der Waals surface area contributed by atoms with Crippen molar-refractivity contribution in [2.24, 2.45) is 0 Å². The molecule has 0 radical (unpaired) electrons. The van der Waals surface area contributed by atoms with Gasteiger partial charge in [-0.3, -0.25) is 4.98 Å². The molecule has 6 aromatic rings. The van der Waals surface area contributed by atoms with Gasteiger partial charge in [0.1, 0.15) is 0 Å². The Morgan fingerprint density at radius 3 is 2.18 bits per heavy atom. The summed E-state index contributed by atoms with van der Waals surface area (Å²) in [6, 6.07) is 37.2. The molecule has 0 spiro atoms. The van der Waals surface area contributed by atoms with Gasteiger partial charge in [-0.1, -0.05) is 86.6 Å². The molecule has 1 nitrogen and oxygen atoms in total. The summed E-state index contributed by atoms with van der Waals surface area (Å²) in [5.74, 6) is 0.484. The standard InChI is InChI=1S/C32H25NS/c1-21(2)23-16-17-33-30(20-23)28-13-7-12-27-29-19-26(14-15-31(29)34-32(27)28)25-11-6-10-24(18-25)22-8-4-3-5-9-22/h3-21H,1-2H3. The van der Waals surface area contributed by atoms with Crippen LogP contribution in [0, 0.1) is 0 Å². The van der Waals surface area contributed by atoms with Gasteiger partial charge in [-0.05, 0) is 64.1 Å². The molecule has 6 rings (SSSR count). The van der Waals surface area contributed by atoms with E-state index in [0.29, 0.717) is 5.92 Å². The first-order valence-electron chi connectivity index (χ1n) is 11.7. The van der Waals surface area contributed by atoms with Crippen molar-refractivity contribution >= 4 is 31.5 Å². The molecule has 2 heterocycles. The van der Waals surface area contributed by atoms with E-state index in [1.807, 2.05) is 17.5 Å². The number of hydrogen-bond acceptors (Lipinski definition) is 2. The van der Waals surface area contributed by atoms with E-state index in [1.165, 1.54) is 53.6 Å².